The van der Waals surface area contributed by atoms with Crippen LogP contribution in [0.3, 0.4) is 0 Å². The van der Waals surface area contributed by atoms with Crippen LogP contribution in [-0.2, 0) is 12.8 Å². The van der Waals surface area contributed by atoms with Crippen molar-refractivity contribution in [2.24, 2.45) is 0 Å². The highest BCUT2D eigenvalue weighted by Crippen LogP contribution is 2.26. The van der Waals surface area contributed by atoms with Crippen molar-refractivity contribution in [1.29, 1.82) is 0 Å². The molecule has 1 aromatic rings. The summed E-state index contributed by atoms with van der Waals surface area (Å²) in [6, 6.07) is 0. The molecular formula is C10H16N2S. The van der Waals surface area contributed by atoms with Crippen molar-refractivity contribution in [3.8, 4) is 0 Å². The topological polar surface area (TPSA) is 25.8 Å². The molecule has 0 unspecified atom stereocenters. The molecular weight excluding hydrogens is 180 g/mol. The maximum atomic E-state index is 4.63. The zero-order valence-corrected chi connectivity index (χ0v) is 9.14. The lowest BCUT2D eigenvalue weighted by Gasteiger charge is -2.16. The van der Waals surface area contributed by atoms with E-state index in [0.717, 1.165) is 11.6 Å². The number of fused-ring (bicyclic) bond motifs is 1. The highest BCUT2D eigenvalue weighted by atomic mass is 32.2. The number of thiol groups is 1. The van der Waals surface area contributed by atoms with Crippen LogP contribution in [0.1, 0.15) is 24.1 Å². The fourth-order valence-corrected chi connectivity index (χ4v) is 2.29. The largest absolute Gasteiger partial charge is 0.232 e. The van der Waals surface area contributed by atoms with Crippen LogP contribution in [0.25, 0.3) is 0 Å². The fourth-order valence-electron chi connectivity index (χ4n) is 1.68. The molecule has 0 atom stereocenters. The van der Waals surface area contributed by atoms with Gasteiger partial charge < -0.3 is 0 Å². The molecule has 0 bridgehead atoms. The Morgan fingerprint density at radius 2 is 2.00 bits per heavy atom. The van der Waals surface area contributed by atoms with Gasteiger partial charge in [-0.1, -0.05) is 0 Å². The normalized spacial score (nSPS) is 16.6. The van der Waals surface area contributed by atoms with Gasteiger partial charge in [0.15, 0.2) is 5.16 Å². The molecule has 0 amide bonds. The second-order valence-electron chi connectivity index (χ2n) is 3.74. The molecule has 0 fully saturated rings. The number of hydrogen-bond acceptors (Lipinski definition) is 2. The zero-order valence-electron chi connectivity index (χ0n) is 8.25. The number of nitrogens with zero attached hydrogens (tertiary/aromatic N) is 2. The molecule has 3 heteroatoms. The first-order valence-corrected chi connectivity index (χ1v) is 7.03. The molecule has 72 valence electrons. The maximum Gasteiger partial charge on any atom is 0.167 e. The van der Waals surface area contributed by atoms with Gasteiger partial charge in [-0.3, -0.25) is 0 Å². The minimum absolute atomic E-state index is 0.133. The summed E-state index contributed by atoms with van der Waals surface area (Å²) in [4.78, 5) is 9.04. The van der Waals surface area contributed by atoms with E-state index < -0.39 is 0 Å². The van der Waals surface area contributed by atoms with E-state index in [0.29, 0.717) is 0 Å². The molecule has 0 saturated carbocycles. The lowest BCUT2D eigenvalue weighted by Crippen LogP contribution is -2.07. The Morgan fingerprint density at radius 1 is 1.23 bits per heavy atom. The van der Waals surface area contributed by atoms with E-state index in [1.54, 1.807) is 0 Å². The smallest absolute Gasteiger partial charge is 0.167 e. The van der Waals surface area contributed by atoms with E-state index in [1.807, 2.05) is 6.20 Å². The lowest BCUT2D eigenvalue weighted by atomic mass is 9.98. The third kappa shape index (κ3) is 1.85. The Morgan fingerprint density at radius 3 is 2.77 bits per heavy atom. The molecule has 0 saturated heterocycles. The third-order valence-corrected chi connectivity index (χ3v) is 3.47. The van der Waals surface area contributed by atoms with Gasteiger partial charge in [0.05, 0.1) is 0 Å². The minimum atomic E-state index is -0.133. The van der Waals surface area contributed by atoms with Crippen molar-refractivity contribution >= 4 is 10.9 Å². The average Bonchev–Trinajstić information content (AvgIpc) is 2.17. The zero-order chi connectivity index (χ0) is 9.26. The quantitative estimate of drug-likeness (QED) is 0.549. The van der Waals surface area contributed by atoms with Crippen LogP contribution in [0, 0.1) is 0 Å². The van der Waals surface area contributed by atoms with Crippen molar-refractivity contribution in [2.75, 3.05) is 12.5 Å². The SMILES string of the molecule is C[SH](C)c1ncc2c(n1)CCCC2. The monoisotopic (exact) mass is 196 g/mol. The molecule has 1 aliphatic rings. The Labute approximate surface area is 82.1 Å². The Balaban J connectivity index is 2.35. The Bertz CT molecular complexity index is 310. The summed E-state index contributed by atoms with van der Waals surface area (Å²) >= 11 is 0. The van der Waals surface area contributed by atoms with Gasteiger partial charge in [0.2, 0.25) is 0 Å². The number of aryl methyl sites for hydroxylation is 2. The van der Waals surface area contributed by atoms with Crippen LogP contribution in [0.15, 0.2) is 11.4 Å². The number of aromatic nitrogens is 2. The molecule has 0 radical (unpaired) electrons. The van der Waals surface area contributed by atoms with Crippen molar-refractivity contribution in [2.45, 2.75) is 30.8 Å². The highest BCUT2D eigenvalue weighted by Gasteiger charge is 2.12. The van der Waals surface area contributed by atoms with E-state index in [-0.39, 0.29) is 10.9 Å². The first-order valence-electron chi connectivity index (χ1n) is 4.79. The summed E-state index contributed by atoms with van der Waals surface area (Å²) in [6.07, 6.45) is 11.4. The van der Waals surface area contributed by atoms with Gasteiger partial charge in [0.25, 0.3) is 0 Å². The van der Waals surface area contributed by atoms with Crippen LogP contribution in [0.5, 0.6) is 0 Å². The fraction of sp³-hybridized carbons (Fsp3) is 0.600. The summed E-state index contributed by atoms with van der Waals surface area (Å²) in [5.74, 6) is 0. The molecule has 1 aromatic heterocycles. The first-order chi connectivity index (χ1) is 6.27. The number of hydrogen-bond donors (Lipinski definition) is 1. The van der Waals surface area contributed by atoms with Crippen LogP contribution >= 0.6 is 10.9 Å². The standard InChI is InChI=1S/C10H16N2S/c1-13(2)10-11-7-8-5-3-4-6-9(8)12-10/h7,13H,3-6H2,1-2H3. The summed E-state index contributed by atoms with van der Waals surface area (Å²) < 4.78 is 0. The van der Waals surface area contributed by atoms with Gasteiger partial charge in [0.1, 0.15) is 0 Å². The molecule has 0 aliphatic heterocycles. The maximum absolute atomic E-state index is 4.63. The minimum Gasteiger partial charge on any atom is -0.232 e. The summed E-state index contributed by atoms with van der Waals surface area (Å²) in [5.41, 5.74) is 2.69. The van der Waals surface area contributed by atoms with E-state index >= 15 is 0 Å². The van der Waals surface area contributed by atoms with Gasteiger partial charge in [0, 0.05) is 11.9 Å². The predicted molar refractivity (Wildman–Crippen MR) is 57.8 cm³/mol. The summed E-state index contributed by atoms with van der Waals surface area (Å²) in [6.45, 7) is 0. The van der Waals surface area contributed by atoms with Gasteiger partial charge in [-0.2, -0.15) is 10.9 Å². The Kier molecular flexibility index (Phi) is 2.54. The predicted octanol–water partition coefficient (Wildman–Crippen LogP) is 1.98. The van der Waals surface area contributed by atoms with Crippen LogP contribution in [-0.4, -0.2) is 22.5 Å². The molecule has 2 nitrogen and oxygen atoms in total. The molecule has 1 heterocycles. The van der Waals surface area contributed by atoms with E-state index in [1.165, 1.54) is 30.5 Å². The van der Waals surface area contributed by atoms with Crippen LogP contribution in [0.2, 0.25) is 0 Å². The van der Waals surface area contributed by atoms with Gasteiger partial charge in [-0.05, 0) is 43.8 Å². The van der Waals surface area contributed by atoms with E-state index in [2.05, 4.69) is 22.5 Å². The van der Waals surface area contributed by atoms with Gasteiger partial charge >= 0.3 is 0 Å². The third-order valence-electron chi connectivity index (χ3n) is 2.45. The van der Waals surface area contributed by atoms with Crippen molar-refractivity contribution in [1.82, 2.24) is 9.97 Å². The van der Waals surface area contributed by atoms with Crippen LogP contribution in [0.4, 0.5) is 0 Å². The molecule has 0 aromatic carbocycles. The first kappa shape index (κ1) is 9.00. The van der Waals surface area contributed by atoms with E-state index in [9.17, 15) is 0 Å². The lowest BCUT2D eigenvalue weighted by molar-refractivity contribution is 0.649. The van der Waals surface area contributed by atoms with Gasteiger partial charge in [-0.25, -0.2) is 9.97 Å². The van der Waals surface area contributed by atoms with Crippen molar-refractivity contribution < 1.29 is 0 Å². The molecule has 13 heavy (non-hydrogen) atoms. The second-order valence-corrected chi connectivity index (χ2v) is 5.93. The van der Waals surface area contributed by atoms with Gasteiger partial charge in [-0.15, -0.1) is 0 Å². The summed E-state index contributed by atoms with van der Waals surface area (Å²) in [5, 5.41) is 1.07. The summed E-state index contributed by atoms with van der Waals surface area (Å²) in [7, 11) is -0.133. The molecule has 0 N–H and O–H groups in total. The van der Waals surface area contributed by atoms with Crippen molar-refractivity contribution in [3.05, 3.63) is 17.5 Å². The van der Waals surface area contributed by atoms with E-state index in [4.69, 9.17) is 0 Å². The number of rotatable bonds is 1. The van der Waals surface area contributed by atoms with Crippen molar-refractivity contribution in [3.63, 3.8) is 0 Å². The highest BCUT2D eigenvalue weighted by molar-refractivity contribution is 8.15. The second kappa shape index (κ2) is 3.66. The molecule has 0 spiro atoms. The Hall–Kier alpha value is -0.570. The molecule has 2 rings (SSSR count). The van der Waals surface area contributed by atoms with Crippen LogP contribution < -0.4 is 0 Å². The molecule has 1 aliphatic carbocycles. The average molecular weight is 196 g/mol.